The van der Waals surface area contributed by atoms with Crippen LogP contribution in [0.25, 0.3) is 33.2 Å². The number of aromatic nitrogens is 4. The summed E-state index contributed by atoms with van der Waals surface area (Å²) in [6, 6.07) is 6.22. The second-order valence-electron chi connectivity index (χ2n) is 12.1. The van der Waals surface area contributed by atoms with Gasteiger partial charge in [0.15, 0.2) is 0 Å². The van der Waals surface area contributed by atoms with Crippen molar-refractivity contribution in [3.05, 3.63) is 81.4 Å². The van der Waals surface area contributed by atoms with E-state index in [0.29, 0.717) is 49.1 Å². The molecule has 8 bridgehead atoms. The van der Waals surface area contributed by atoms with Crippen LogP contribution in [-0.2, 0) is 22.4 Å². The van der Waals surface area contributed by atoms with E-state index in [2.05, 4.69) is 64.9 Å². The van der Waals surface area contributed by atoms with Gasteiger partial charge in [-0.15, -0.1) is 0 Å². The lowest BCUT2D eigenvalue weighted by Crippen LogP contribution is -2.26. The predicted octanol–water partition coefficient (Wildman–Crippen LogP) is 7.42. The van der Waals surface area contributed by atoms with E-state index in [4.69, 9.17) is 26.9 Å². The van der Waals surface area contributed by atoms with E-state index in [-0.39, 0.29) is 24.2 Å². The topological polar surface area (TPSA) is 125 Å². The highest BCUT2D eigenvalue weighted by molar-refractivity contribution is 7.78. The molecule has 2 aliphatic heterocycles. The molecule has 2 aliphatic rings. The van der Waals surface area contributed by atoms with Crippen molar-refractivity contribution in [2.75, 3.05) is 20.2 Å². The molecule has 0 fully saturated rings. The van der Waals surface area contributed by atoms with Gasteiger partial charge in [0.25, 0.3) is 5.91 Å². The number of ether oxygens (including phenoxy) is 1. The molecule has 0 saturated carbocycles. The Hall–Kier alpha value is -4.66. The molecule has 1 atom stereocenters. The third-order valence-corrected chi connectivity index (χ3v) is 9.48. The molecule has 3 aromatic rings. The molecule has 10 heteroatoms. The number of H-pyrrole nitrogens is 2. The summed E-state index contributed by atoms with van der Waals surface area (Å²) in [6.07, 6.45) is 4.56. The van der Waals surface area contributed by atoms with Crippen LogP contribution in [-0.4, -0.2) is 57.2 Å². The molecule has 1 amide bonds. The Balaban J connectivity index is 1.88. The Kier molecular flexibility index (Phi) is 10.3. The zero-order valence-corrected chi connectivity index (χ0v) is 28.8. The summed E-state index contributed by atoms with van der Waals surface area (Å²) >= 11 is 4.69. The zero-order valence-electron chi connectivity index (χ0n) is 28.0. The normalized spacial score (nSPS) is 14.1. The fourth-order valence-electron chi connectivity index (χ4n) is 6.54. The standard InChI is InChI=1S/C37H42N6O3S/c1-8-26-22(5)28-16-25-15-24(11-12-33(44)46-7)36(40-25)34(37(45)39-14-10-13-38-19-47)35-21(4)20(3)29(43-35)17-31-27(9-2)23(6)30(42-31)18-32(26)41-28/h8,16-18,24,42-43H,1,9-15H2,2-7H3,(H,39,45). The number of rotatable bonds is 10. The van der Waals surface area contributed by atoms with E-state index in [1.54, 1.807) is 0 Å². The lowest BCUT2D eigenvalue weighted by molar-refractivity contribution is -0.140. The second kappa shape index (κ2) is 14.4. The molecular formula is C37H42N6O3S. The highest BCUT2D eigenvalue weighted by Gasteiger charge is 2.29. The summed E-state index contributed by atoms with van der Waals surface area (Å²) in [6.45, 7) is 15.4. The van der Waals surface area contributed by atoms with Gasteiger partial charge < -0.3 is 20.0 Å². The van der Waals surface area contributed by atoms with Gasteiger partial charge in [-0.25, -0.2) is 9.98 Å². The van der Waals surface area contributed by atoms with Gasteiger partial charge in [0.05, 0.1) is 47.0 Å². The van der Waals surface area contributed by atoms with Crippen molar-refractivity contribution in [2.45, 2.75) is 72.6 Å². The van der Waals surface area contributed by atoms with Crippen molar-refractivity contribution in [2.24, 2.45) is 4.99 Å². The second-order valence-corrected chi connectivity index (χ2v) is 12.3. The molecule has 1 unspecified atom stereocenters. The van der Waals surface area contributed by atoms with Gasteiger partial charge in [-0.3, -0.25) is 14.6 Å². The number of thiocarbonyl (C=S) groups is 1. The number of isothiocyanates is 1. The Morgan fingerprint density at radius 1 is 1.09 bits per heavy atom. The van der Waals surface area contributed by atoms with Gasteiger partial charge in [-0.05, 0) is 112 Å². The number of aliphatic imine (C=N–C) groups is 1. The molecule has 3 N–H and O–H groups in total. The first-order chi connectivity index (χ1) is 22.6. The van der Waals surface area contributed by atoms with Crippen molar-refractivity contribution in [1.29, 1.82) is 0 Å². The van der Waals surface area contributed by atoms with Crippen molar-refractivity contribution in [3.63, 3.8) is 0 Å². The first kappa shape index (κ1) is 33.7. The average molecular weight is 651 g/mol. The van der Waals surface area contributed by atoms with E-state index in [0.717, 1.165) is 62.3 Å². The number of aryl methyl sites for hydroxylation is 4. The summed E-state index contributed by atoms with van der Waals surface area (Å²) in [5, 5.41) is 5.46. The number of nitrogens with one attached hydrogen (secondary N) is 3. The number of amides is 1. The quantitative estimate of drug-likeness (QED) is 0.0908. The number of hydrogen-bond acceptors (Lipinski definition) is 7. The molecular weight excluding hydrogens is 609 g/mol. The van der Waals surface area contributed by atoms with Gasteiger partial charge in [-0.2, -0.15) is 0 Å². The number of methoxy groups -OCH3 is 1. The van der Waals surface area contributed by atoms with Gasteiger partial charge >= 0.3 is 5.97 Å². The molecule has 0 spiro atoms. The van der Waals surface area contributed by atoms with Crippen molar-refractivity contribution in [3.8, 4) is 0 Å². The van der Waals surface area contributed by atoms with Crippen LogP contribution in [0.5, 0.6) is 0 Å². The van der Waals surface area contributed by atoms with E-state index in [1.807, 2.05) is 26.0 Å². The zero-order chi connectivity index (χ0) is 33.8. The average Bonchev–Trinajstić information content (AvgIpc) is 3.75. The Morgan fingerprint density at radius 2 is 1.85 bits per heavy atom. The number of fused-ring (bicyclic) bond motifs is 8. The highest BCUT2D eigenvalue weighted by atomic mass is 32.1. The minimum atomic E-state index is -0.300. The lowest BCUT2D eigenvalue weighted by Gasteiger charge is -2.13. The van der Waals surface area contributed by atoms with Crippen molar-refractivity contribution >= 4 is 62.5 Å². The summed E-state index contributed by atoms with van der Waals surface area (Å²) in [5.41, 5.74) is 13.5. The first-order valence-corrected chi connectivity index (χ1v) is 16.5. The number of hydrogen-bond donors (Lipinski definition) is 3. The lowest BCUT2D eigenvalue weighted by atomic mass is 9.92. The minimum Gasteiger partial charge on any atom is -0.469 e. The van der Waals surface area contributed by atoms with Crippen molar-refractivity contribution < 1.29 is 14.3 Å². The SMILES string of the molecule is C=CC1=C(C)c2cc3nc(c(C(=O)NCCCN=C=S)c4[nH]c(cc5[nH]c(cc1n2)c(C)c5CC)c(C)c4C)C(CCC(=O)OC)C3. The molecule has 3 aromatic heterocycles. The summed E-state index contributed by atoms with van der Waals surface area (Å²) in [4.78, 5) is 47.9. The molecule has 5 heterocycles. The molecule has 0 saturated heterocycles. The number of carbonyl (C=O) groups is 2. The molecule has 0 aliphatic carbocycles. The molecule has 244 valence electrons. The van der Waals surface area contributed by atoms with E-state index < -0.39 is 0 Å². The van der Waals surface area contributed by atoms with Gasteiger partial charge in [0, 0.05) is 46.7 Å². The summed E-state index contributed by atoms with van der Waals surface area (Å²) in [7, 11) is 1.39. The molecule has 0 radical (unpaired) electrons. The number of carbonyl (C=O) groups excluding carboxylic acids is 2. The number of esters is 1. The van der Waals surface area contributed by atoms with Crippen LogP contribution in [0, 0.1) is 20.8 Å². The Labute approximate surface area is 280 Å². The monoisotopic (exact) mass is 650 g/mol. The smallest absolute Gasteiger partial charge is 0.305 e. The maximum absolute atomic E-state index is 14.2. The number of aromatic amines is 2. The Morgan fingerprint density at radius 3 is 2.55 bits per heavy atom. The maximum atomic E-state index is 14.2. The third-order valence-electron chi connectivity index (χ3n) is 9.35. The van der Waals surface area contributed by atoms with Crippen LogP contribution in [0.15, 0.2) is 35.8 Å². The van der Waals surface area contributed by atoms with Crippen LogP contribution in [0.2, 0.25) is 0 Å². The highest BCUT2D eigenvalue weighted by Crippen LogP contribution is 2.36. The van der Waals surface area contributed by atoms with E-state index in [9.17, 15) is 9.59 Å². The number of allylic oxidation sites excluding steroid dienone is 3. The van der Waals surface area contributed by atoms with Gasteiger partial charge in [0.2, 0.25) is 0 Å². The number of nitrogens with zero attached hydrogens (tertiary/aromatic N) is 3. The fraction of sp³-hybridized carbons (Fsp3) is 0.378. The molecule has 5 rings (SSSR count). The fourth-order valence-corrected chi connectivity index (χ4v) is 6.63. The first-order valence-electron chi connectivity index (χ1n) is 16.1. The largest absolute Gasteiger partial charge is 0.469 e. The van der Waals surface area contributed by atoms with Gasteiger partial charge in [0.1, 0.15) is 0 Å². The van der Waals surface area contributed by atoms with Gasteiger partial charge in [-0.1, -0.05) is 19.6 Å². The summed E-state index contributed by atoms with van der Waals surface area (Å²) < 4.78 is 4.97. The maximum Gasteiger partial charge on any atom is 0.305 e. The summed E-state index contributed by atoms with van der Waals surface area (Å²) in [5.74, 6) is -0.727. The van der Waals surface area contributed by atoms with Crippen molar-refractivity contribution in [1.82, 2.24) is 25.3 Å². The van der Waals surface area contributed by atoms with Crippen LogP contribution in [0.1, 0.15) is 94.4 Å². The molecule has 47 heavy (non-hydrogen) atoms. The van der Waals surface area contributed by atoms with E-state index >= 15 is 0 Å². The van der Waals surface area contributed by atoms with E-state index in [1.165, 1.54) is 18.2 Å². The van der Waals surface area contributed by atoms with Crippen LogP contribution in [0.4, 0.5) is 0 Å². The molecule has 9 nitrogen and oxygen atoms in total. The predicted molar refractivity (Wildman–Crippen MR) is 192 cm³/mol. The van der Waals surface area contributed by atoms with Crippen LogP contribution < -0.4 is 5.32 Å². The Bertz CT molecular complexity index is 2010. The van der Waals surface area contributed by atoms with Crippen LogP contribution >= 0.6 is 12.2 Å². The molecule has 0 aromatic carbocycles. The van der Waals surface area contributed by atoms with Crippen LogP contribution in [0.3, 0.4) is 0 Å². The third kappa shape index (κ3) is 6.75. The minimum absolute atomic E-state index is 0.188.